The van der Waals surface area contributed by atoms with Crippen LogP contribution < -0.4 is 11.6 Å². The molecule has 6 heteroatoms. The van der Waals surface area contributed by atoms with Crippen LogP contribution in [0, 0.1) is 0 Å². The average Bonchev–Trinajstić information content (AvgIpc) is 1.99. The van der Waals surface area contributed by atoms with Gasteiger partial charge in [-0.2, -0.15) is 18.6 Å². The molecule has 5 nitrogen and oxygen atoms in total. The molecule has 0 radical (unpaired) electrons. The molecule has 0 saturated carbocycles. The van der Waals surface area contributed by atoms with Crippen molar-refractivity contribution in [2.45, 2.75) is 19.3 Å². The van der Waals surface area contributed by atoms with Crippen LogP contribution in [0.4, 0.5) is 0 Å². The maximum atomic E-state index is 10.6. The Balaban J connectivity index is 3.39. The highest BCUT2D eigenvalue weighted by Crippen LogP contribution is 1.98. The summed E-state index contributed by atoms with van der Waals surface area (Å²) in [6.07, 6.45) is 2.18. The van der Waals surface area contributed by atoms with E-state index in [1.54, 1.807) is 0 Å². The predicted molar refractivity (Wildman–Crippen MR) is 42.0 cm³/mol. The molecule has 0 atom stereocenters. The zero-order valence-electron chi connectivity index (χ0n) is 6.32. The molecular formula is C5H14N2O3S. The Morgan fingerprint density at radius 2 is 1.82 bits per heavy atom. The van der Waals surface area contributed by atoms with Crippen molar-refractivity contribution < 1.29 is 12.7 Å². The summed E-state index contributed by atoms with van der Waals surface area (Å²) in [6.45, 7) is 0.587. The van der Waals surface area contributed by atoms with Crippen LogP contribution >= 0.6 is 0 Å². The summed E-state index contributed by atoms with van der Waals surface area (Å²) in [5, 5.41) is 0. The maximum Gasteiger partial charge on any atom is 0.283 e. The fourth-order valence-corrected chi connectivity index (χ4v) is 1.30. The van der Waals surface area contributed by atoms with Gasteiger partial charge in [0.15, 0.2) is 0 Å². The van der Waals surface area contributed by atoms with Crippen LogP contribution in [0.3, 0.4) is 0 Å². The first-order chi connectivity index (χ1) is 5.12. The molecule has 0 amide bonds. The van der Waals surface area contributed by atoms with Crippen molar-refractivity contribution in [1.82, 2.24) is 0 Å². The quantitative estimate of drug-likeness (QED) is 0.420. The Hall–Kier alpha value is -0.170. The van der Waals surface area contributed by atoms with Gasteiger partial charge in [0.25, 0.3) is 10.1 Å². The van der Waals surface area contributed by atoms with Gasteiger partial charge in [0, 0.05) is 0 Å². The Kier molecular flexibility index (Phi) is 5.39. The van der Waals surface area contributed by atoms with Crippen LogP contribution in [0.15, 0.2) is 0 Å². The molecule has 0 aliphatic heterocycles. The van der Waals surface area contributed by atoms with Crippen molar-refractivity contribution in [3.05, 3.63) is 0 Å². The Labute approximate surface area is 66.8 Å². The van der Waals surface area contributed by atoms with E-state index in [9.17, 15) is 8.42 Å². The molecule has 0 heterocycles. The molecule has 0 aromatic rings. The summed E-state index contributed by atoms with van der Waals surface area (Å²) in [5.74, 6) is 4.48. The highest BCUT2D eigenvalue weighted by molar-refractivity contribution is 7.86. The molecule has 0 spiro atoms. The van der Waals surface area contributed by atoms with E-state index in [0.29, 0.717) is 13.0 Å². The number of nitrogens with two attached hydrogens (primary N) is 2. The van der Waals surface area contributed by atoms with Gasteiger partial charge in [-0.3, -0.25) is 0 Å². The van der Waals surface area contributed by atoms with E-state index in [-0.39, 0.29) is 5.75 Å². The summed E-state index contributed by atoms with van der Waals surface area (Å²) in [5.41, 5.74) is 5.21. The minimum atomic E-state index is -3.46. The van der Waals surface area contributed by atoms with E-state index in [1.165, 1.54) is 0 Å². The van der Waals surface area contributed by atoms with Crippen molar-refractivity contribution in [3.8, 4) is 0 Å². The second-order valence-electron chi connectivity index (χ2n) is 2.21. The molecule has 4 N–H and O–H groups in total. The van der Waals surface area contributed by atoms with Crippen LogP contribution in [0.25, 0.3) is 0 Å². The number of unbranched alkanes of at least 4 members (excludes halogenated alkanes) is 2. The molecule has 0 aromatic heterocycles. The van der Waals surface area contributed by atoms with Gasteiger partial charge in [-0.05, 0) is 19.4 Å². The minimum Gasteiger partial charge on any atom is -0.330 e. The fraction of sp³-hybridized carbons (Fsp3) is 1.00. The van der Waals surface area contributed by atoms with Crippen molar-refractivity contribution in [2.24, 2.45) is 11.6 Å². The summed E-state index contributed by atoms with van der Waals surface area (Å²) in [4.78, 5) is 0. The second kappa shape index (κ2) is 5.48. The number of hydrogen-bond acceptors (Lipinski definition) is 5. The second-order valence-corrected chi connectivity index (χ2v) is 3.92. The lowest BCUT2D eigenvalue weighted by molar-refractivity contribution is 0.332. The summed E-state index contributed by atoms with van der Waals surface area (Å²) < 4.78 is 24.9. The maximum absolute atomic E-state index is 10.6. The minimum absolute atomic E-state index is 0.0243. The summed E-state index contributed by atoms with van der Waals surface area (Å²) in [6, 6.07) is 0. The topological polar surface area (TPSA) is 95.4 Å². The molecule has 0 unspecified atom stereocenters. The van der Waals surface area contributed by atoms with E-state index in [2.05, 4.69) is 10.2 Å². The van der Waals surface area contributed by atoms with Gasteiger partial charge in [0.1, 0.15) is 0 Å². The van der Waals surface area contributed by atoms with Crippen molar-refractivity contribution in [1.29, 1.82) is 0 Å². The number of rotatable bonds is 6. The van der Waals surface area contributed by atoms with Gasteiger partial charge in [-0.25, -0.2) is 0 Å². The summed E-state index contributed by atoms with van der Waals surface area (Å²) in [7, 11) is -3.46. The van der Waals surface area contributed by atoms with Crippen molar-refractivity contribution in [3.63, 3.8) is 0 Å². The fourth-order valence-electron chi connectivity index (χ4n) is 0.648. The lowest BCUT2D eigenvalue weighted by Crippen LogP contribution is -2.14. The molecule has 0 bridgehead atoms. The van der Waals surface area contributed by atoms with E-state index < -0.39 is 10.1 Å². The van der Waals surface area contributed by atoms with Crippen molar-refractivity contribution >= 4 is 10.1 Å². The van der Waals surface area contributed by atoms with Crippen LogP contribution in [0.2, 0.25) is 0 Å². The molecule has 0 aliphatic carbocycles. The average molecular weight is 182 g/mol. The Morgan fingerprint density at radius 1 is 1.18 bits per heavy atom. The molecule has 0 aliphatic rings. The third-order valence-electron chi connectivity index (χ3n) is 1.25. The normalized spacial score (nSPS) is 11.8. The highest BCUT2D eigenvalue weighted by Gasteiger charge is 2.07. The zero-order chi connectivity index (χ0) is 8.74. The first-order valence-corrected chi connectivity index (χ1v) is 5.01. The molecule has 0 rings (SSSR count). The molecule has 0 fully saturated rings. The molecule has 0 aromatic carbocycles. The van der Waals surface area contributed by atoms with Gasteiger partial charge in [-0.1, -0.05) is 6.42 Å². The largest absolute Gasteiger partial charge is 0.330 e. The van der Waals surface area contributed by atoms with Gasteiger partial charge >= 0.3 is 0 Å². The van der Waals surface area contributed by atoms with E-state index >= 15 is 0 Å². The standard InChI is InChI=1S/C5H14N2O3S/c6-4-2-1-3-5-11(8,9)10-7/h1-7H2. The van der Waals surface area contributed by atoms with Gasteiger partial charge in [-0.15, -0.1) is 0 Å². The van der Waals surface area contributed by atoms with E-state index in [1.807, 2.05) is 0 Å². The molecule has 68 valence electrons. The number of hydrogen-bond donors (Lipinski definition) is 2. The first-order valence-electron chi connectivity index (χ1n) is 3.43. The predicted octanol–water partition coefficient (Wildman–Crippen LogP) is -0.664. The smallest absolute Gasteiger partial charge is 0.283 e. The van der Waals surface area contributed by atoms with Gasteiger partial charge in [0.05, 0.1) is 5.75 Å². The molecule has 11 heavy (non-hydrogen) atoms. The molecular weight excluding hydrogens is 168 g/mol. The third-order valence-corrected chi connectivity index (χ3v) is 2.33. The Morgan fingerprint density at radius 3 is 2.27 bits per heavy atom. The monoisotopic (exact) mass is 182 g/mol. The van der Waals surface area contributed by atoms with Crippen LogP contribution in [0.1, 0.15) is 19.3 Å². The first kappa shape index (κ1) is 10.8. The zero-order valence-corrected chi connectivity index (χ0v) is 7.14. The van der Waals surface area contributed by atoms with Gasteiger partial charge < -0.3 is 5.73 Å². The third kappa shape index (κ3) is 6.24. The SMILES string of the molecule is NCCCCCS(=O)(=O)ON. The lowest BCUT2D eigenvalue weighted by atomic mass is 10.2. The Bertz CT molecular complexity index is 178. The van der Waals surface area contributed by atoms with Crippen LogP contribution in [-0.2, 0) is 14.4 Å². The molecule has 0 saturated heterocycles. The van der Waals surface area contributed by atoms with Crippen LogP contribution in [0.5, 0.6) is 0 Å². The lowest BCUT2D eigenvalue weighted by Gasteiger charge is -1.98. The highest BCUT2D eigenvalue weighted by atomic mass is 32.2. The summed E-state index contributed by atoms with van der Waals surface area (Å²) >= 11 is 0. The van der Waals surface area contributed by atoms with Crippen molar-refractivity contribution in [2.75, 3.05) is 12.3 Å². The van der Waals surface area contributed by atoms with Crippen LogP contribution in [-0.4, -0.2) is 20.7 Å². The van der Waals surface area contributed by atoms with E-state index in [4.69, 9.17) is 5.73 Å². The van der Waals surface area contributed by atoms with E-state index in [0.717, 1.165) is 12.8 Å². The van der Waals surface area contributed by atoms with Gasteiger partial charge in [0.2, 0.25) is 0 Å².